The van der Waals surface area contributed by atoms with E-state index in [2.05, 4.69) is 9.71 Å². The molecule has 0 aliphatic heterocycles. The van der Waals surface area contributed by atoms with E-state index in [4.69, 9.17) is 10.4 Å². The van der Waals surface area contributed by atoms with E-state index in [9.17, 15) is 13.2 Å². The number of H-pyrrole nitrogens is 1. The summed E-state index contributed by atoms with van der Waals surface area (Å²) < 4.78 is 26.4. The molecule has 0 aliphatic rings. The average molecular weight is 305 g/mol. The van der Waals surface area contributed by atoms with Gasteiger partial charge in [-0.3, -0.25) is 0 Å². The molecule has 0 radical (unpaired) electrons. The molecule has 0 saturated carbocycles. The minimum atomic E-state index is -3.82. The second-order valence-corrected chi connectivity index (χ2v) is 5.96. The highest BCUT2D eigenvalue weighted by Crippen LogP contribution is 2.12. The molecule has 1 aromatic carbocycles. The summed E-state index contributed by atoms with van der Waals surface area (Å²) >= 11 is 0. The lowest BCUT2D eigenvalue weighted by molar-refractivity contribution is 0.0691. The van der Waals surface area contributed by atoms with Crippen LogP contribution in [0.15, 0.2) is 41.4 Å². The van der Waals surface area contributed by atoms with Crippen molar-refractivity contribution < 1.29 is 18.3 Å². The van der Waals surface area contributed by atoms with Crippen molar-refractivity contribution in [1.82, 2.24) is 9.71 Å². The van der Waals surface area contributed by atoms with Gasteiger partial charge in [-0.1, -0.05) is 12.1 Å². The van der Waals surface area contributed by atoms with Gasteiger partial charge in [-0.15, -0.1) is 0 Å². The van der Waals surface area contributed by atoms with Gasteiger partial charge in [0, 0.05) is 12.7 Å². The fourth-order valence-electron chi connectivity index (χ4n) is 1.67. The second-order valence-electron chi connectivity index (χ2n) is 4.19. The highest BCUT2D eigenvalue weighted by molar-refractivity contribution is 7.89. The van der Waals surface area contributed by atoms with Gasteiger partial charge in [0.05, 0.1) is 11.6 Å². The SMILES string of the molecule is N#Cc1cccc(CNS(=O)(=O)c2c[nH]c(C(=O)O)c2)c1. The molecule has 0 unspecified atom stereocenters. The van der Waals surface area contributed by atoms with Gasteiger partial charge in [-0.25, -0.2) is 17.9 Å². The quantitative estimate of drug-likeness (QED) is 0.762. The third kappa shape index (κ3) is 3.47. The molecule has 0 fully saturated rings. The van der Waals surface area contributed by atoms with E-state index in [1.807, 2.05) is 6.07 Å². The van der Waals surface area contributed by atoms with Gasteiger partial charge in [0.15, 0.2) is 0 Å². The van der Waals surface area contributed by atoms with Gasteiger partial charge < -0.3 is 10.1 Å². The van der Waals surface area contributed by atoms with Gasteiger partial charge in [0.1, 0.15) is 10.6 Å². The van der Waals surface area contributed by atoms with Crippen LogP contribution in [0.25, 0.3) is 0 Å². The average Bonchev–Trinajstić information content (AvgIpc) is 2.96. The Hall–Kier alpha value is -2.63. The Bertz CT molecular complexity index is 818. The number of sulfonamides is 1. The molecule has 0 aliphatic carbocycles. The maximum Gasteiger partial charge on any atom is 0.352 e. The first-order valence-corrected chi connectivity index (χ1v) is 7.31. The Morgan fingerprint density at radius 1 is 1.38 bits per heavy atom. The summed E-state index contributed by atoms with van der Waals surface area (Å²) in [6.45, 7) is 0.00539. The van der Waals surface area contributed by atoms with Gasteiger partial charge in [-0.2, -0.15) is 5.26 Å². The topological polar surface area (TPSA) is 123 Å². The van der Waals surface area contributed by atoms with E-state index in [0.717, 1.165) is 12.3 Å². The Balaban J connectivity index is 2.14. The lowest BCUT2D eigenvalue weighted by atomic mass is 10.1. The smallest absolute Gasteiger partial charge is 0.352 e. The van der Waals surface area contributed by atoms with E-state index < -0.39 is 16.0 Å². The standard InChI is InChI=1S/C13H11N3O4S/c14-6-9-2-1-3-10(4-9)7-16-21(19,20)11-5-12(13(17)18)15-8-11/h1-5,8,15-16H,7H2,(H,17,18). The molecule has 7 nitrogen and oxygen atoms in total. The minimum Gasteiger partial charge on any atom is -0.477 e. The molecule has 0 amide bonds. The molecule has 2 aromatic rings. The van der Waals surface area contributed by atoms with E-state index in [1.165, 1.54) is 0 Å². The number of rotatable bonds is 5. The van der Waals surface area contributed by atoms with Crippen molar-refractivity contribution in [3.63, 3.8) is 0 Å². The number of aromatic nitrogens is 1. The molecule has 1 heterocycles. The first-order valence-electron chi connectivity index (χ1n) is 5.83. The molecular formula is C13H11N3O4S. The number of carboxylic acid groups (broad SMARTS) is 1. The largest absolute Gasteiger partial charge is 0.477 e. The van der Waals surface area contributed by atoms with Crippen molar-refractivity contribution in [1.29, 1.82) is 5.26 Å². The third-order valence-electron chi connectivity index (χ3n) is 2.72. The predicted octanol–water partition coefficient (Wildman–Crippen LogP) is 1.06. The normalized spacial score (nSPS) is 11.0. The molecule has 0 spiro atoms. The van der Waals surface area contributed by atoms with Gasteiger partial charge in [0.2, 0.25) is 10.0 Å². The monoisotopic (exact) mass is 305 g/mol. The number of aromatic carboxylic acids is 1. The molecule has 0 atom stereocenters. The summed E-state index contributed by atoms with van der Waals surface area (Å²) in [5, 5.41) is 17.5. The number of nitrogens with zero attached hydrogens (tertiary/aromatic N) is 1. The molecule has 2 rings (SSSR count). The van der Waals surface area contributed by atoms with Crippen LogP contribution >= 0.6 is 0 Å². The second kappa shape index (κ2) is 5.78. The number of aromatic amines is 1. The number of nitriles is 1. The zero-order chi connectivity index (χ0) is 15.5. The van der Waals surface area contributed by atoms with Crippen LogP contribution in [0.4, 0.5) is 0 Å². The molecular weight excluding hydrogens is 294 g/mol. The summed E-state index contributed by atoms with van der Waals surface area (Å²) in [5.41, 5.74) is 0.856. The van der Waals surface area contributed by atoms with Crippen molar-refractivity contribution in [3.8, 4) is 6.07 Å². The number of benzene rings is 1. The fourth-order valence-corrected chi connectivity index (χ4v) is 2.68. The number of nitrogens with one attached hydrogen (secondary N) is 2. The third-order valence-corrected chi connectivity index (χ3v) is 4.10. The first-order chi connectivity index (χ1) is 9.92. The number of hydrogen-bond acceptors (Lipinski definition) is 4. The van der Waals surface area contributed by atoms with Gasteiger partial charge in [-0.05, 0) is 23.8 Å². The Morgan fingerprint density at radius 2 is 2.14 bits per heavy atom. The van der Waals surface area contributed by atoms with Crippen molar-refractivity contribution in [3.05, 3.63) is 53.3 Å². The maximum atomic E-state index is 12.0. The van der Waals surface area contributed by atoms with Crippen molar-refractivity contribution in [2.75, 3.05) is 0 Å². The van der Waals surface area contributed by atoms with Crippen LogP contribution in [0.1, 0.15) is 21.6 Å². The van der Waals surface area contributed by atoms with Crippen LogP contribution in [0.3, 0.4) is 0 Å². The minimum absolute atomic E-state index is 0.00539. The zero-order valence-corrected chi connectivity index (χ0v) is 11.5. The Morgan fingerprint density at radius 3 is 2.76 bits per heavy atom. The molecule has 108 valence electrons. The highest BCUT2D eigenvalue weighted by atomic mass is 32.2. The van der Waals surface area contributed by atoms with Crippen LogP contribution in [0.5, 0.6) is 0 Å². The summed E-state index contributed by atoms with van der Waals surface area (Å²) in [6, 6.07) is 9.53. The van der Waals surface area contributed by atoms with E-state index in [0.29, 0.717) is 11.1 Å². The lowest BCUT2D eigenvalue weighted by Gasteiger charge is -2.05. The zero-order valence-electron chi connectivity index (χ0n) is 10.7. The van der Waals surface area contributed by atoms with Crippen LogP contribution in [0.2, 0.25) is 0 Å². The molecule has 1 aromatic heterocycles. The Labute approximate surface area is 120 Å². The predicted molar refractivity (Wildman–Crippen MR) is 72.9 cm³/mol. The van der Waals surface area contributed by atoms with E-state index in [1.54, 1.807) is 24.3 Å². The van der Waals surface area contributed by atoms with Crippen molar-refractivity contribution in [2.24, 2.45) is 0 Å². The van der Waals surface area contributed by atoms with Crippen molar-refractivity contribution >= 4 is 16.0 Å². The van der Waals surface area contributed by atoms with E-state index in [-0.39, 0.29) is 17.1 Å². The molecule has 8 heteroatoms. The molecule has 3 N–H and O–H groups in total. The van der Waals surface area contributed by atoms with Crippen LogP contribution < -0.4 is 4.72 Å². The molecule has 21 heavy (non-hydrogen) atoms. The lowest BCUT2D eigenvalue weighted by Crippen LogP contribution is -2.22. The fraction of sp³-hybridized carbons (Fsp3) is 0.0769. The van der Waals surface area contributed by atoms with Crippen LogP contribution in [0, 0.1) is 11.3 Å². The summed E-state index contributed by atoms with van der Waals surface area (Å²) in [4.78, 5) is 12.9. The number of hydrogen-bond donors (Lipinski definition) is 3. The molecule has 0 bridgehead atoms. The first kappa shape index (κ1) is 14.8. The summed E-state index contributed by atoms with van der Waals surface area (Å²) in [6.07, 6.45) is 1.11. The van der Waals surface area contributed by atoms with Crippen molar-refractivity contribution in [2.45, 2.75) is 11.4 Å². The highest BCUT2D eigenvalue weighted by Gasteiger charge is 2.17. The van der Waals surface area contributed by atoms with Gasteiger partial charge >= 0.3 is 5.97 Å². The van der Waals surface area contributed by atoms with Gasteiger partial charge in [0.25, 0.3) is 0 Å². The van der Waals surface area contributed by atoms with Crippen LogP contribution in [-0.4, -0.2) is 24.5 Å². The van der Waals surface area contributed by atoms with E-state index >= 15 is 0 Å². The molecule has 0 saturated heterocycles. The summed E-state index contributed by atoms with van der Waals surface area (Å²) in [7, 11) is -3.82. The maximum absolute atomic E-state index is 12.0. The Kier molecular flexibility index (Phi) is 4.07. The number of carbonyl (C=O) groups is 1. The summed E-state index contributed by atoms with van der Waals surface area (Å²) in [5.74, 6) is -1.24. The number of carboxylic acids is 1. The van der Waals surface area contributed by atoms with Crippen LogP contribution in [-0.2, 0) is 16.6 Å².